The maximum atomic E-state index is 12.7. The summed E-state index contributed by atoms with van der Waals surface area (Å²) in [6, 6.07) is 18.5. The minimum Gasteiger partial charge on any atom is -0.348 e. The van der Waals surface area contributed by atoms with Gasteiger partial charge in [0, 0.05) is 36.7 Å². The average molecular weight is 417 g/mol. The maximum Gasteiger partial charge on any atom is 0.257 e. The average Bonchev–Trinajstić information content (AvgIpc) is 2.82. The first kappa shape index (κ1) is 22.2. The lowest BCUT2D eigenvalue weighted by Gasteiger charge is -2.20. The first-order valence-electron chi connectivity index (χ1n) is 10.5. The Kier molecular flexibility index (Phi) is 7.90. The standard InChI is InChI=1S/C25H28N4O2/c1-3-29(4-2)18-22-10-6-5-9-20(22)17-27-24(30)19-11-7-13-23(15-19)28-25(31)21-12-8-14-26-16-21/h5-16H,3-4,17-18H2,1-2H3,(H,27,30)(H,28,31). The van der Waals surface area contributed by atoms with Crippen molar-refractivity contribution >= 4 is 17.5 Å². The van der Waals surface area contributed by atoms with Crippen LogP contribution in [0.25, 0.3) is 0 Å². The van der Waals surface area contributed by atoms with Gasteiger partial charge in [0.25, 0.3) is 11.8 Å². The Morgan fingerprint density at radius 2 is 1.61 bits per heavy atom. The minimum atomic E-state index is -0.268. The molecule has 0 unspecified atom stereocenters. The molecule has 0 spiro atoms. The van der Waals surface area contributed by atoms with Gasteiger partial charge < -0.3 is 10.6 Å². The van der Waals surface area contributed by atoms with E-state index < -0.39 is 0 Å². The zero-order valence-corrected chi connectivity index (χ0v) is 18.0. The van der Waals surface area contributed by atoms with Crippen LogP contribution in [-0.4, -0.2) is 34.8 Å². The molecule has 0 aliphatic carbocycles. The van der Waals surface area contributed by atoms with Crippen molar-refractivity contribution in [2.75, 3.05) is 18.4 Å². The molecule has 6 nitrogen and oxygen atoms in total. The zero-order valence-electron chi connectivity index (χ0n) is 18.0. The molecule has 31 heavy (non-hydrogen) atoms. The Balaban J connectivity index is 1.64. The topological polar surface area (TPSA) is 74.3 Å². The molecule has 6 heteroatoms. The van der Waals surface area contributed by atoms with Crippen LogP contribution in [0.3, 0.4) is 0 Å². The Morgan fingerprint density at radius 1 is 0.871 bits per heavy atom. The van der Waals surface area contributed by atoms with E-state index in [1.165, 1.54) is 11.8 Å². The number of anilines is 1. The van der Waals surface area contributed by atoms with E-state index in [4.69, 9.17) is 0 Å². The van der Waals surface area contributed by atoms with Gasteiger partial charge >= 0.3 is 0 Å². The number of pyridine rings is 1. The predicted molar refractivity (Wildman–Crippen MR) is 123 cm³/mol. The lowest BCUT2D eigenvalue weighted by Crippen LogP contribution is -2.26. The minimum absolute atomic E-state index is 0.185. The SMILES string of the molecule is CCN(CC)Cc1ccccc1CNC(=O)c1cccc(NC(=O)c2cccnc2)c1. The van der Waals surface area contributed by atoms with E-state index >= 15 is 0 Å². The van der Waals surface area contributed by atoms with Crippen molar-refractivity contribution in [3.8, 4) is 0 Å². The fraction of sp³-hybridized carbons (Fsp3) is 0.240. The third-order valence-corrected chi connectivity index (χ3v) is 5.15. The summed E-state index contributed by atoms with van der Waals surface area (Å²) in [5, 5.41) is 5.80. The highest BCUT2D eigenvalue weighted by Crippen LogP contribution is 2.14. The molecule has 0 saturated carbocycles. The molecule has 0 aliphatic heterocycles. The molecule has 0 saturated heterocycles. The largest absolute Gasteiger partial charge is 0.348 e. The maximum absolute atomic E-state index is 12.7. The molecule has 0 bridgehead atoms. The molecule has 3 aromatic rings. The summed E-state index contributed by atoms with van der Waals surface area (Å²) >= 11 is 0. The lowest BCUT2D eigenvalue weighted by atomic mass is 10.1. The highest BCUT2D eigenvalue weighted by atomic mass is 16.2. The number of carbonyl (C=O) groups excluding carboxylic acids is 2. The van der Waals surface area contributed by atoms with Crippen LogP contribution in [-0.2, 0) is 13.1 Å². The van der Waals surface area contributed by atoms with Crippen LogP contribution in [0, 0.1) is 0 Å². The molecule has 160 valence electrons. The van der Waals surface area contributed by atoms with Gasteiger partial charge in [0.05, 0.1) is 5.56 Å². The van der Waals surface area contributed by atoms with E-state index in [1.807, 2.05) is 18.2 Å². The molecule has 2 N–H and O–H groups in total. The molecule has 1 aromatic heterocycles. The normalized spacial score (nSPS) is 10.7. The summed E-state index contributed by atoms with van der Waals surface area (Å²) in [6.45, 7) is 7.56. The summed E-state index contributed by atoms with van der Waals surface area (Å²) in [5.74, 6) is -0.453. The molecule has 3 rings (SSSR count). The Hall–Kier alpha value is -3.51. The van der Waals surface area contributed by atoms with Crippen LogP contribution < -0.4 is 10.6 Å². The number of benzene rings is 2. The first-order chi connectivity index (χ1) is 15.1. The van der Waals surface area contributed by atoms with Gasteiger partial charge in [-0.05, 0) is 54.5 Å². The summed E-state index contributed by atoms with van der Waals surface area (Å²) in [5.41, 5.74) is 3.82. The molecule has 0 radical (unpaired) electrons. The van der Waals surface area contributed by atoms with Crippen molar-refractivity contribution in [1.82, 2.24) is 15.2 Å². The first-order valence-corrected chi connectivity index (χ1v) is 10.5. The van der Waals surface area contributed by atoms with Gasteiger partial charge in [-0.15, -0.1) is 0 Å². The third-order valence-electron chi connectivity index (χ3n) is 5.15. The number of nitrogens with one attached hydrogen (secondary N) is 2. The number of nitrogens with zero attached hydrogens (tertiary/aromatic N) is 2. The molecular formula is C25H28N4O2. The number of aromatic nitrogens is 1. The molecular weight excluding hydrogens is 388 g/mol. The molecule has 0 aliphatic rings. The van der Waals surface area contributed by atoms with Crippen molar-refractivity contribution in [3.63, 3.8) is 0 Å². The number of hydrogen-bond donors (Lipinski definition) is 2. The van der Waals surface area contributed by atoms with Crippen molar-refractivity contribution in [3.05, 3.63) is 95.3 Å². The monoisotopic (exact) mass is 416 g/mol. The summed E-state index contributed by atoms with van der Waals surface area (Å²) < 4.78 is 0. The highest BCUT2D eigenvalue weighted by molar-refractivity contribution is 6.04. The molecule has 1 heterocycles. The van der Waals surface area contributed by atoms with Crippen molar-refractivity contribution in [2.45, 2.75) is 26.9 Å². The Labute approximate surface area is 183 Å². The van der Waals surface area contributed by atoms with Crippen LogP contribution in [0.2, 0.25) is 0 Å². The zero-order chi connectivity index (χ0) is 22.1. The predicted octanol–water partition coefficient (Wildman–Crippen LogP) is 4.11. The molecule has 0 atom stereocenters. The number of amides is 2. The number of hydrogen-bond acceptors (Lipinski definition) is 4. The van der Waals surface area contributed by atoms with E-state index in [1.54, 1.807) is 42.6 Å². The van der Waals surface area contributed by atoms with Gasteiger partial charge in [-0.2, -0.15) is 0 Å². The van der Waals surface area contributed by atoms with Gasteiger partial charge in [0.1, 0.15) is 0 Å². The van der Waals surface area contributed by atoms with Crippen molar-refractivity contribution < 1.29 is 9.59 Å². The second kappa shape index (κ2) is 11.0. The van der Waals surface area contributed by atoms with Crippen LogP contribution in [0.4, 0.5) is 5.69 Å². The smallest absolute Gasteiger partial charge is 0.257 e. The summed E-state index contributed by atoms with van der Waals surface area (Å²) in [4.78, 5) is 31.3. The number of carbonyl (C=O) groups is 2. The molecule has 0 fully saturated rings. The highest BCUT2D eigenvalue weighted by Gasteiger charge is 2.11. The van der Waals surface area contributed by atoms with Gasteiger partial charge in [0.15, 0.2) is 0 Å². The van der Waals surface area contributed by atoms with E-state index in [0.29, 0.717) is 23.4 Å². The second-order valence-corrected chi connectivity index (χ2v) is 7.19. The van der Waals surface area contributed by atoms with Gasteiger partial charge in [0.2, 0.25) is 0 Å². The van der Waals surface area contributed by atoms with Gasteiger partial charge in [-0.25, -0.2) is 0 Å². The fourth-order valence-electron chi connectivity index (χ4n) is 3.29. The van der Waals surface area contributed by atoms with E-state index in [9.17, 15) is 9.59 Å². The quantitative estimate of drug-likeness (QED) is 0.551. The van der Waals surface area contributed by atoms with Crippen molar-refractivity contribution in [1.29, 1.82) is 0 Å². The molecule has 2 aromatic carbocycles. The Bertz CT molecular complexity index is 1020. The fourth-order valence-corrected chi connectivity index (χ4v) is 3.29. The Morgan fingerprint density at radius 3 is 2.32 bits per heavy atom. The van der Waals surface area contributed by atoms with Crippen LogP contribution in [0.15, 0.2) is 73.1 Å². The van der Waals surface area contributed by atoms with Crippen molar-refractivity contribution in [2.24, 2.45) is 0 Å². The number of rotatable bonds is 9. The van der Waals surface area contributed by atoms with Crippen LogP contribution in [0.1, 0.15) is 45.7 Å². The summed E-state index contributed by atoms with van der Waals surface area (Å²) in [6.07, 6.45) is 3.11. The lowest BCUT2D eigenvalue weighted by molar-refractivity contribution is 0.0949. The van der Waals surface area contributed by atoms with E-state index in [0.717, 1.165) is 25.2 Å². The third kappa shape index (κ3) is 6.23. The van der Waals surface area contributed by atoms with Gasteiger partial charge in [-0.3, -0.25) is 19.5 Å². The van der Waals surface area contributed by atoms with E-state index in [-0.39, 0.29) is 11.8 Å². The van der Waals surface area contributed by atoms with E-state index in [2.05, 4.69) is 40.4 Å². The van der Waals surface area contributed by atoms with Gasteiger partial charge in [-0.1, -0.05) is 44.2 Å². The summed E-state index contributed by atoms with van der Waals surface area (Å²) in [7, 11) is 0. The second-order valence-electron chi connectivity index (χ2n) is 7.19. The van der Waals surface area contributed by atoms with Crippen LogP contribution in [0.5, 0.6) is 0 Å². The molecule has 2 amide bonds. The van der Waals surface area contributed by atoms with Crippen LogP contribution >= 0.6 is 0 Å².